The first-order valence-electron chi connectivity index (χ1n) is 8.82. The van der Waals surface area contributed by atoms with Gasteiger partial charge in [0.1, 0.15) is 11.9 Å². The van der Waals surface area contributed by atoms with Crippen LogP contribution in [0.25, 0.3) is 0 Å². The normalized spacial score (nSPS) is 19.3. The Morgan fingerprint density at radius 3 is 2.11 bits per heavy atom. The fourth-order valence-electron chi connectivity index (χ4n) is 3.34. The molecule has 2 atom stereocenters. The first kappa shape index (κ1) is 19.8. The standard InChI is InChI=1S/C22H17Br3N2O/c23-15-5-1-13(2-6-15)19-12-20(18-11-17(25)9-10-21(18)28)27-22(26-19)14-3-7-16(24)8-4-14/h1-11,20,22,27-28H,12H2/t20-,22-/m0/s1. The van der Waals surface area contributed by atoms with Gasteiger partial charge in [-0.3, -0.25) is 10.3 Å². The van der Waals surface area contributed by atoms with E-state index < -0.39 is 0 Å². The average Bonchev–Trinajstić information content (AvgIpc) is 2.70. The number of hydrogen-bond donors (Lipinski definition) is 2. The Bertz CT molecular complexity index is 1020. The van der Waals surface area contributed by atoms with Crippen LogP contribution >= 0.6 is 47.8 Å². The van der Waals surface area contributed by atoms with Crippen molar-refractivity contribution in [2.75, 3.05) is 0 Å². The van der Waals surface area contributed by atoms with Crippen LogP contribution in [0.3, 0.4) is 0 Å². The Hall–Kier alpha value is -1.47. The van der Waals surface area contributed by atoms with E-state index >= 15 is 0 Å². The Morgan fingerprint density at radius 2 is 1.43 bits per heavy atom. The molecule has 0 aromatic heterocycles. The highest BCUT2D eigenvalue weighted by atomic mass is 79.9. The van der Waals surface area contributed by atoms with Gasteiger partial charge in [-0.05, 0) is 53.6 Å². The monoisotopic (exact) mass is 562 g/mol. The van der Waals surface area contributed by atoms with Gasteiger partial charge >= 0.3 is 0 Å². The Labute approximate surface area is 189 Å². The highest BCUT2D eigenvalue weighted by molar-refractivity contribution is 9.11. The number of rotatable bonds is 3. The SMILES string of the molecule is Oc1ccc(Br)cc1[C@@H]1CC(c2ccc(Br)cc2)=N[C@H](c2ccc(Br)cc2)N1. The second kappa shape index (κ2) is 8.49. The third-order valence-corrected chi connectivity index (χ3v) is 6.32. The number of halogens is 3. The highest BCUT2D eigenvalue weighted by Gasteiger charge is 2.27. The summed E-state index contributed by atoms with van der Waals surface area (Å²) < 4.78 is 3.01. The fraction of sp³-hybridized carbons (Fsp3) is 0.136. The maximum atomic E-state index is 10.5. The molecule has 3 aromatic rings. The lowest BCUT2D eigenvalue weighted by atomic mass is 9.93. The summed E-state index contributed by atoms with van der Waals surface area (Å²) in [7, 11) is 0. The molecule has 28 heavy (non-hydrogen) atoms. The van der Waals surface area contributed by atoms with Gasteiger partial charge in [0, 0.05) is 37.2 Å². The van der Waals surface area contributed by atoms with Gasteiger partial charge in [0.25, 0.3) is 0 Å². The molecular weight excluding hydrogens is 548 g/mol. The van der Waals surface area contributed by atoms with Gasteiger partial charge in [-0.2, -0.15) is 0 Å². The summed E-state index contributed by atoms with van der Waals surface area (Å²) in [5.41, 5.74) is 4.05. The van der Waals surface area contributed by atoms with Gasteiger partial charge < -0.3 is 5.11 Å². The van der Waals surface area contributed by atoms with Crippen molar-refractivity contribution in [2.24, 2.45) is 4.99 Å². The Balaban J connectivity index is 1.76. The van der Waals surface area contributed by atoms with Crippen molar-refractivity contribution < 1.29 is 5.11 Å². The van der Waals surface area contributed by atoms with E-state index in [4.69, 9.17) is 4.99 Å². The van der Waals surface area contributed by atoms with Gasteiger partial charge in [0.2, 0.25) is 0 Å². The average molecular weight is 565 g/mol. The number of aromatic hydroxyl groups is 1. The molecule has 1 aliphatic heterocycles. The van der Waals surface area contributed by atoms with Gasteiger partial charge in [-0.15, -0.1) is 0 Å². The molecule has 0 saturated heterocycles. The minimum Gasteiger partial charge on any atom is -0.508 e. The first-order valence-corrected chi connectivity index (χ1v) is 11.2. The van der Waals surface area contributed by atoms with Crippen LogP contribution in [0, 0.1) is 0 Å². The van der Waals surface area contributed by atoms with Crippen molar-refractivity contribution in [3.05, 3.63) is 96.8 Å². The van der Waals surface area contributed by atoms with Crippen LogP contribution in [-0.4, -0.2) is 10.8 Å². The van der Waals surface area contributed by atoms with E-state index in [1.165, 1.54) is 0 Å². The van der Waals surface area contributed by atoms with Gasteiger partial charge in [0.05, 0.1) is 0 Å². The van der Waals surface area contributed by atoms with Gasteiger partial charge in [0.15, 0.2) is 0 Å². The molecule has 0 radical (unpaired) electrons. The van der Waals surface area contributed by atoms with Gasteiger partial charge in [-0.25, -0.2) is 0 Å². The van der Waals surface area contributed by atoms with Gasteiger partial charge in [-0.1, -0.05) is 72.1 Å². The number of phenolic OH excluding ortho intramolecular Hbond substituents is 1. The number of phenols is 1. The Morgan fingerprint density at radius 1 is 0.821 bits per heavy atom. The summed E-state index contributed by atoms with van der Waals surface area (Å²) >= 11 is 10.5. The molecule has 0 unspecified atom stereocenters. The van der Waals surface area contributed by atoms with Crippen molar-refractivity contribution in [1.29, 1.82) is 0 Å². The highest BCUT2D eigenvalue weighted by Crippen LogP contribution is 2.36. The maximum absolute atomic E-state index is 10.5. The number of hydrogen-bond acceptors (Lipinski definition) is 3. The van der Waals surface area contributed by atoms with E-state index in [0.29, 0.717) is 6.42 Å². The smallest absolute Gasteiger partial charge is 0.126 e. The quantitative estimate of drug-likeness (QED) is 0.363. The number of nitrogens with one attached hydrogen (secondary N) is 1. The predicted molar refractivity (Wildman–Crippen MR) is 124 cm³/mol. The van der Waals surface area contributed by atoms with Crippen molar-refractivity contribution in [2.45, 2.75) is 18.6 Å². The van der Waals surface area contributed by atoms with E-state index in [1.807, 2.05) is 36.4 Å². The van der Waals surface area contributed by atoms with Crippen LogP contribution in [-0.2, 0) is 0 Å². The lowest BCUT2D eigenvalue weighted by Gasteiger charge is -2.31. The zero-order chi connectivity index (χ0) is 19.7. The largest absolute Gasteiger partial charge is 0.508 e. The molecule has 0 aliphatic carbocycles. The van der Waals surface area contributed by atoms with Crippen LogP contribution in [0.2, 0.25) is 0 Å². The van der Waals surface area contributed by atoms with Crippen LogP contribution in [0.5, 0.6) is 5.75 Å². The van der Waals surface area contributed by atoms with E-state index in [2.05, 4.69) is 77.4 Å². The molecule has 0 saturated carbocycles. The van der Waals surface area contributed by atoms with Crippen LogP contribution < -0.4 is 5.32 Å². The molecule has 142 valence electrons. The molecule has 0 fully saturated rings. The summed E-state index contributed by atoms with van der Waals surface area (Å²) in [6, 6.07) is 21.9. The van der Waals surface area contributed by atoms with E-state index in [1.54, 1.807) is 6.07 Å². The summed E-state index contributed by atoms with van der Waals surface area (Å²) in [6.07, 6.45) is 0.502. The van der Waals surface area contributed by atoms with E-state index in [-0.39, 0.29) is 18.0 Å². The molecule has 1 aliphatic rings. The van der Waals surface area contributed by atoms with Crippen LogP contribution in [0.1, 0.15) is 35.3 Å². The number of nitrogens with zero attached hydrogens (tertiary/aromatic N) is 1. The topological polar surface area (TPSA) is 44.6 Å². The summed E-state index contributed by atoms with van der Waals surface area (Å²) in [4.78, 5) is 4.99. The van der Waals surface area contributed by atoms with Crippen LogP contribution in [0.4, 0.5) is 0 Å². The lowest BCUT2D eigenvalue weighted by Crippen LogP contribution is -2.33. The first-order chi connectivity index (χ1) is 13.5. The van der Waals surface area contributed by atoms with Crippen molar-refractivity contribution >= 4 is 53.5 Å². The summed E-state index contributed by atoms with van der Waals surface area (Å²) in [5.74, 6) is 0.285. The minimum atomic E-state index is -0.191. The number of benzene rings is 3. The molecule has 0 spiro atoms. The molecule has 3 aromatic carbocycles. The molecule has 3 nitrogen and oxygen atoms in total. The zero-order valence-corrected chi connectivity index (χ0v) is 19.5. The van der Waals surface area contributed by atoms with Crippen molar-refractivity contribution in [1.82, 2.24) is 5.32 Å². The lowest BCUT2D eigenvalue weighted by molar-refractivity contribution is 0.412. The third-order valence-electron chi connectivity index (χ3n) is 4.77. The number of aliphatic imine (C=N–C) groups is 1. The second-order valence-electron chi connectivity index (χ2n) is 6.66. The van der Waals surface area contributed by atoms with E-state index in [0.717, 1.165) is 35.8 Å². The molecule has 0 amide bonds. The maximum Gasteiger partial charge on any atom is 0.126 e. The summed E-state index contributed by atoms with van der Waals surface area (Å²) in [6.45, 7) is 0. The summed E-state index contributed by atoms with van der Waals surface area (Å²) in [5, 5.41) is 14.1. The molecule has 1 heterocycles. The van der Waals surface area contributed by atoms with E-state index in [9.17, 15) is 5.11 Å². The fourth-order valence-corrected chi connectivity index (χ4v) is 4.25. The molecular formula is C22H17Br3N2O. The van der Waals surface area contributed by atoms with Crippen molar-refractivity contribution in [3.8, 4) is 5.75 Å². The molecule has 2 N–H and O–H groups in total. The Kier molecular flexibility index (Phi) is 6.01. The zero-order valence-electron chi connectivity index (χ0n) is 14.7. The van der Waals surface area contributed by atoms with Crippen molar-refractivity contribution in [3.63, 3.8) is 0 Å². The molecule has 4 rings (SSSR count). The predicted octanol–water partition coefficient (Wildman–Crippen LogP) is 6.90. The van der Waals surface area contributed by atoms with Crippen LogP contribution in [0.15, 0.2) is 85.1 Å². The minimum absolute atomic E-state index is 0.0534. The molecule has 6 heteroatoms. The molecule has 0 bridgehead atoms. The second-order valence-corrected chi connectivity index (χ2v) is 9.41. The third kappa shape index (κ3) is 4.40.